The molecule has 2 aromatic heterocycles. The Labute approximate surface area is 138 Å². The first kappa shape index (κ1) is 15.8. The molecule has 3 rings (SSSR count). The van der Waals surface area contributed by atoms with E-state index >= 15 is 0 Å². The van der Waals surface area contributed by atoms with Gasteiger partial charge < -0.3 is 8.98 Å². The van der Waals surface area contributed by atoms with Crippen LogP contribution in [-0.4, -0.2) is 15.4 Å². The highest BCUT2D eigenvalue weighted by molar-refractivity contribution is 7.16. The Morgan fingerprint density at radius 2 is 2.25 bits per heavy atom. The average molecular weight is 347 g/mol. The lowest BCUT2D eigenvalue weighted by molar-refractivity contribution is -0.402. The Morgan fingerprint density at radius 3 is 2.92 bits per heavy atom. The zero-order chi connectivity index (χ0) is 17.3. The van der Waals surface area contributed by atoms with Crippen LogP contribution in [0.5, 0.6) is 0 Å². The van der Waals surface area contributed by atoms with Crippen LogP contribution in [0.2, 0.25) is 0 Å². The summed E-state index contributed by atoms with van der Waals surface area (Å²) in [5, 5.41) is 10.6. The van der Waals surface area contributed by atoms with Gasteiger partial charge in [0.1, 0.15) is 10.7 Å². The number of thiazole rings is 1. The molecule has 0 saturated carbocycles. The summed E-state index contributed by atoms with van der Waals surface area (Å²) in [4.78, 5) is 26.3. The van der Waals surface area contributed by atoms with E-state index in [1.807, 2.05) is 0 Å². The van der Waals surface area contributed by atoms with Crippen molar-refractivity contribution in [2.45, 2.75) is 6.54 Å². The minimum Gasteiger partial charge on any atom is -0.395 e. The Balaban J connectivity index is 2.10. The molecule has 0 N–H and O–H groups in total. The number of amides is 1. The molecule has 24 heavy (non-hydrogen) atoms. The van der Waals surface area contributed by atoms with E-state index in [9.17, 15) is 19.3 Å². The zero-order valence-electron chi connectivity index (χ0n) is 12.1. The molecule has 0 spiro atoms. The summed E-state index contributed by atoms with van der Waals surface area (Å²) in [6.45, 7) is 4.02. The normalized spacial score (nSPS) is 11.8. The molecule has 0 aliphatic rings. The van der Waals surface area contributed by atoms with Crippen molar-refractivity contribution in [1.82, 2.24) is 4.57 Å². The van der Waals surface area contributed by atoms with Crippen molar-refractivity contribution in [3.63, 3.8) is 0 Å². The fraction of sp³-hybridized carbons (Fsp3) is 0.0667. The van der Waals surface area contributed by atoms with E-state index in [4.69, 9.17) is 4.42 Å². The number of aromatic nitrogens is 1. The van der Waals surface area contributed by atoms with Crippen molar-refractivity contribution in [3.8, 4) is 0 Å². The molecule has 0 fully saturated rings. The van der Waals surface area contributed by atoms with Gasteiger partial charge in [0.2, 0.25) is 5.76 Å². The van der Waals surface area contributed by atoms with Crippen molar-refractivity contribution in [3.05, 3.63) is 69.5 Å². The van der Waals surface area contributed by atoms with E-state index in [0.717, 1.165) is 17.4 Å². The number of rotatable bonds is 4. The maximum atomic E-state index is 13.4. The predicted molar refractivity (Wildman–Crippen MR) is 85.2 cm³/mol. The summed E-state index contributed by atoms with van der Waals surface area (Å²) in [5.41, 5.74) is 0.707. The van der Waals surface area contributed by atoms with Gasteiger partial charge in [-0.2, -0.15) is 4.99 Å². The minimum atomic E-state index is -0.757. The van der Waals surface area contributed by atoms with Crippen LogP contribution >= 0.6 is 11.3 Å². The minimum absolute atomic E-state index is 0.240. The number of nitrogens with zero attached hydrogens (tertiary/aromatic N) is 3. The zero-order valence-corrected chi connectivity index (χ0v) is 13.0. The highest BCUT2D eigenvalue weighted by Gasteiger charge is 2.17. The monoisotopic (exact) mass is 347 g/mol. The highest BCUT2D eigenvalue weighted by Crippen LogP contribution is 2.20. The fourth-order valence-electron chi connectivity index (χ4n) is 2.12. The predicted octanol–water partition coefficient (Wildman–Crippen LogP) is 3.27. The van der Waals surface area contributed by atoms with Crippen molar-refractivity contribution in [2.75, 3.05) is 0 Å². The van der Waals surface area contributed by atoms with Crippen LogP contribution < -0.4 is 4.80 Å². The highest BCUT2D eigenvalue weighted by atomic mass is 32.1. The SMILES string of the molecule is C=CCn1c(=NC(=O)c2ccc([N+](=O)[O-])o2)sc2cc(F)ccc21. The van der Waals surface area contributed by atoms with E-state index in [-0.39, 0.29) is 5.76 Å². The molecule has 7 nitrogen and oxygen atoms in total. The summed E-state index contributed by atoms with van der Waals surface area (Å²) >= 11 is 1.13. The Kier molecular flexibility index (Phi) is 4.09. The van der Waals surface area contributed by atoms with Crippen molar-refractivity contribution in [2.24, 2.45) is 4.99 Å². The van der Waals surface area contributed by atoms with E-state index < -0.39 is 22.5 Å². The molecule has 0 radical (unpaired) electrons. The van der Waals surface area contributed by atoms with Crippen LogP contribution in [0, 0.1) is 15.9 Å². The summed E-state index contributed by atoms with van der Waals surface area (Å²) in [5.74, 6) is -1.93. The third kappa shape index (κ3) is 2.88. The van der Waals surface area contributed by atoms with Gasteiger partial charge in [-0.3, -0.25) is 14.9 Å². The second kappa shape index (κ2) is 6.20. The first-order valence-corrected chi connectivity index (χ1v) is 7.54. The second-order valence-electron chi connectivity index (χ2n) is 4.71. The molecule has 0 saturated heterocycles. The van der Waals surface area contributed by atoms with Gasteiger partial charge >= 0.3 is 11.8 Å². The molecule has 1 amide bonds. The summed E-state index contributed by atoms with van der Waals surface area (Å²) in [6, 6.07) is 6.53. The lowest BCUT2D eigenvalue weighted by Crippen LogP contribution is -2.16. The van der Waals surface area contributed by atoms with Crippen molar-refractivity contribution < 1.29 is 18.5 Å². The third-order valence-electron chi connectivity index (χ3n) is 3.14. The van der Waals surface area contributed by atoms with Crippen LogP contribution in [0.3, 0.4) is 0 Å². The number of nitro groups is 1. The van der Waals surface area contributed by atoms with E-state index in [0.29, 0.717) is 21.6 Å². The number of carbonyl (C=O) groups is 1. The van der Waals surface area contributed by atoms with E-state index in [2.05, 4.69) is 11.6 Å². The lowest BCUT2D eigenvalue weighted by atomic mass is 10.3. The number of allylic oxidation sites excluding steroid dienone is 1. The Hall–Kier alpha value is -3.07. The molecule has 0 aliphatic carbocycles. The first-order valence-electron chi connectivity index (χ1n) is 6.72. The Morgan fingerprint density at radius 1 is 1.46 bits per heavy atom. The molecular weight excluding hydrogens is 337 g/mol. The number of carbonyl (C=O) groups excluding carboxylic acids is 1. The number of benzene rings is 1. The number of furan rings is 1. The Bertz CT molecular complexity index is 1030. The molecule has 0 aliphatic heterocycles. The van der Waals surface area contributed by atoms with Crippen molar-refractivity contribution in [1.29, 1.82) is 0 Å². The smallest absolute Gasteiger partial charge is 0.395 e. The maximum absolute atomic E-state index is 13.4. The summed E-state index contributed by atoms with van der Waals surface area (Å²) < 4.78 is 20.5. The number of fused-ring (bicyclic) bond motifs is 1. The van der Waals surface area contributed by atoms with Crippen LogP contribution in [0.15, 0.2) is 52.4 Å². The molecule has 1 aromatic carbocycles. The number of hydrogen-bond donors (Lipinski definition) is 0. The number of hydrogen-bond acceptors (Lipinski definition) is 5. The van der Waals surface area contributed by atoms with Gasteiger partial charge in [-0.05, 0) is 24.3 Å². The first-order chi connectivity index (χ1) is 11.5. The van der Waals surface area contributed by atoms with Crippen LogP contribution in [-0.2, 0) is 6.54 Å². The maximum Gasteiger partial charge on any atom is 0.433 e. The van der Waals surface area contributed by atoms with Crippen LogP contribution in [0.25, 0.3) is 10.2 Å². The third-order valence-corrected chi connectivity index (χ3v) is 4.18. The van der Waals surface area contributed by atoms with Gasteiger partial charge in [0.25, 0.3) is 0 Å². The van der Waals surface area contributed by atoms with Crippen LogP contribution in [0.1, 0.15) is 10.6 Å². The van der Waals surface area contributed by atoms with Crippen LogP contribution in [0.4, 0.5) is 10.3 Å². The lowest BCUT2D eigenvalue weighted by Gasteiger charge is -2.00. The van der Waals surface area contributed by atoms with E-state index in [1.54, 1.807) is 16.7 Å². The molecular formula is C15H10FN3O4S. The molecule has 0 unspecified atom stereocenters. The summed E-state index contributed by atoms with van der Waals surface area (Å²) in [7, 11) is 0. The van der Waals surface area contributed by atoms with E-state index in [1.165, 1.54) is 18.2 Å². The topological polar surface area (TPSA) is 90.6 Å². The quantitative estimate of drug-likeness (QED) is 0.411. The molecule has 2 heterocycles. The average Bonchev–Trinajstić information content (AvgIpc) is 3.13. The number of halogens is 1. The molecule has 0 bridgehead atoms. The standard InChI is InChI=1S/C15H10FN3O4S/c1-2-7-18-10-4-3-9(16)8-12(10)24-15(18)17-14(20)11-5-6-13(23-11)19(21)22/h2-6,8H,1,7H2. The molecule has 122 valence electrons. The molecule has 9 heteroatoms. The fourth-order valence-corrected chi connectivity index (χ4v) is 3.18. The van der Waals surface area contributed by atoms with Gasteiger partial charge in [-0.25, -0.2) is 4.39 Å². The second-order valence-corrected chi connectivity index (χ2v) is 5.72. The van der Waals surface area contributed by atoms with Crippen molar-refractivity contribution >= 4 is 33.3 Å². The van der Waals surface area contributed by atoms with Gasteiger partial charge in [-0.15, -0.1) is 6.58 Å². The van der Waals surface area contributed by atoms with Gasteiger partial charge in [0.05, 0.1) is 16.3 Å². The van der Waals surface area contributed by atoms with Gasteiger partial charge in [-0.1, -0.05) is 17.4 Å². The molecule has 0 atom stereocenters. The van der Waals surface area contributed by atoms with Gasteiger partial charge in [0, 0.05) is 6.54 Å². The largest absolute Gasteiger partial charge is 0.433 e. The summed E-state index contributed by atoms with van der Waals surface area (Å²) in [6.07, 6.45) is 1.62. The molecule has 3 aromatic rings. The van der Waals surface area contributed by atoms with Gasteiger partial charge in [0.15, 0.2) is 4.80 Å².